The highest BCUT2D eigenvalue weighted by Crippen LogP contribution is 2.36. The summed E-state index contributed by atoms with van der Waals surface area (Å²) in [6.45, 7) is 0. The largest absolute Gasteiger partial charge is 0.495 e. The topological polar surface area (TPSA) is 30.5 Å². The summed E-state index contributed by atoms with van der Waals surface area (Å²) < 4.78 is 10.6. The molecule has 0 aromatic heterocycles. The average molecular weight is 264 g/mol. The molecule has 18 heavy (non-hydrogen) atoms. The monoisotopic (exact) mass is 263 g/mol. The molecule has 0 spiro atoms. The maximum absolute atomic E-state index is 6.07. The third kappa shape index (κ3) is 2.51. The molecule has 0 unspecified atom stereocenters. The van der Waals surface area contributed by atoms with E-state index in [1.165, 1.54) is 0 Å². The molecule has 2 aromatic carbocycles. The quantitative estimate of drug-likeness (QED) is 0.901. The van der Waals surface area contributed by atoms with Gasteiger partial charge in [0.05, 0.1) is 30.6 Å². The standard InChI is InChI=1S/C14H14ClNO2/c1-17-13-9-4-3-7-11(13)16-12-8-5-6-10(15)14(12)18-2/h3-9,16H,1-2H3. The zero-order valence-corrected chi connectivity index (χ0v) is 11.0. The summed E-state index contributed by atoms with van der Waals surface area (Å²) in [4.78, 5) is 0. The van der Waals surface area contributed by atoms with Crippen molar-refractivity contribution in [2.45, 2.75) is 0 Å². The van der Waals surface area contributed by atoms with Crippen molar-refractivity contribution in [1.29, 1.82) is 0 Å². The van der Waals surface area contributed by atoms with E-state index in [1.54, 1.807) is 20.3 Å². The highest BCUT2D eigenvalue weighted by atomic mass is 35.5. The van der Waals surface area contributed by atoms with Gasteiger partial charge in [0.15, 0.2) is 5.75 Å². The van der Waals surface area contributed by atoms with Crippen LogP contribution < -0.4 is 14.8 Å². The van der Waals surface area contributed by atoms with Gasteiger partial charge in [-0.25, -0.2) is 0 Å². The highest BCUT2D eigenvalue weighted by Gasteiger charge is 2.09. The highest BCUT2D eigenvalue weighted by molar-refractivity contribution is 6.32. The molecule has 0 aliphatic carbocycles. The van der Waals surface area contributed by atoms with Crippen LogP contribution in [0.4, 0.5) is 11.4 Å². The zero-order valence-electron chi connectivity index (χ0n) is 10.2. The van der Waals surface area contributed by atoms with Gasteiger partial charge in [0.2, 0.25) is 0 Å². The average Bonchev–Trinajstić information content (AvgIpc) is 2.40. The molecule has 2 aromatic rings. The van der Waals surface area contributed by atoms with E-state index in [1.807, 2.05) is 36.4 Å². The van der Waals surface area contributed by atoms with Crippen LogP contribution in [-0.2, 0) is 0 Å². The number of methoxy groups -OCH3 is 2. The van der Waals surface area contributed by atoms with Crippen LogP contribution in [0.2, 0.25) is 5.02 Å². The molecular weight excluding hydrogens is 250 g/mol. The summed E-state index contributed by atoms with van der Waals surface area (Å²) in [5, 5.41) is 3.82. The van der Waals surface area contributed by atoms with Crippen LogP contribution in [0.25, 0.3) is 0 Å². The lowest BCUT2D eigenvalue weighted by Gasteiger charge is -2.14. The number of ether oxygens (including phenoxy) is 2. The van der Waals surface area contributed by atoms with Gasteiger partial charge < -0.3 is 14.8 Å². The molecule has 0 atom stereocenters. The van der Waals surface area contributed by atoms with Crippen LogP contribution in [0, 0.1) is 0 Å². The van der Waals surface area contributed by atoms with Gasteiger partial charge in [-0.2, -0.15) is 0 Å². The SMILES string of the molecule is COc1ccccc1Nc1cccc(Cl)c1OC. The van der Waals surface area contributed by atoms with Crippen molar-refractivity contribution in [2.75, 3.05) is 19.5 Å². The first-order valence-corrected chi connectivity index (χ1v) is 5.86. The summed E-state index contributed by atoms with van der Waals surface area (Å²) in [7, 11) is 3.23. The number of hydrogen-bond acceptors (Lipinski definition) is 3. The van der Waals surface area contributed by atoms with E-state index in [0.717, 1.165) is 17.1 Å². The van der Waals surface area contributed by atoms with Crippen molar-refractivity contribution in [3.05, 3.63) is 47.5 Å². The number of para-hydroxylation sites is 3. The van der Waals surface area contributed by atoms with Crippen LogP contribution >= 0.6 is 11.6 Å². The van der Waals surface area contributed by atoms with Crippen LogP contribution in [-0.4, -0.2) is 14.2 Å². The molecule has 0 amide bonds. The summed E-state index contributed by atoms with van der Waals surface area (Å²) in [6, 6.07) is 13.2. The molecule has 0 aliphatic rings. The Morgan fingerprint density at radius 2 is 1.61 bits per heavy atom. The normalized spacial score (nSPS) is 9.94. The van der Waals surface area contributed by atoms with Gasteiger partial charge in [-0.1, -0.05) is 29.8 Å². The summed E-state index contributed by atoms with van der Waals surface area (Å²) in [5.41, 5.74) is 1.66. The van der Waals surface area contributed by atoms with Crippen molar-refractivity contribution in [2.24, 2.45) is 0 Å². The molecule has 1 N–H and O–H groups in total. The molecule has 4 heteroatoms. The van der Waals surface area contributed by atoms with Crippen molar-refractivity contribution in [3.63, 3.8) is 0 Å². The molecule has 0 heterocycles. The minimum Gasteiger partial charge on any atom is -0.495 e. The Morgan fingerprint density at radius 3 is 2.33 bits per heavy atom. The van der Waals surface area contributed by atoms with Crippen LogP contribution in [0.1, 0.15) is 0 Å². The number of hydrogen-bond donors (Lipinski definition) is 1. The predicted octanol–water partition coefficient (Wildman–Crippen LogP) is 4.10. The Labute approximate surface area is 111 Å². The Morgan fingerprint density at radius 1 is 0.889 bits per heavy atom. The lowest BCUT2D eigenvalue weighted by Crippen LogP contribution is -1.97. The molecule has 0 bridgehead atoms. The summed E-state index contributed by atoms with van der Waals surface area (Å²) >= 11 is 6.07. The van der Waals surface area contributed by atoms with Crippen molar-refractivity contribution < 1.29 is 9.47 Å². The number of benzene rings is 2. The minimum absolute atomic E-state index is 0.567. The van der Waals surface area contributed by atoms with Gasteiger partial charge in [-0.05, 0) is 24.3 Å². The van der Waals surface area contributed by atoms with Gasteiger partial charge in [0.1, 0.15) is 5.75 Å². The molecule has 2 rings (SSSR count). The van der Waals surface area contributed by atoms with E-state index in [-0.39, 0.29) is 0 Å². The molecule has 0 saturated heterocycles. The van der Waals surface area contributed by atoms with E-state index < -0.39 is 0 Å². The summed E-state index contributed by atoms with van der Waals surface area (Å²) in [5.74, 6) is 1.38. The van der Waals surface area contributed by atoms with Crippen molar-refractivity contribution in [3.8, 4) is 11.5 Å². The number of rotatable bonds is 4. The lowest BCUT2D eigenvalue weighted by molar-refractivity contribution is 0.414. The maximum Gasteiger partial charge on any atom is 0.160 e. The fourth-order valence-corrected chi connectivity index (χ4v) is 1.96. The third-order valence-electron chi connectivity index (χ3n) is 2.55. The molecule has 94 valence electrons. The molecular formula is C14H14ClNO2. The minimum atomic E-state index is 0.567. The van der Waals surface area contributed by atoms with Gasteiger partial charge in [0.25, 0.3) is 0 Å². The predicted molar refractivity (Wildman–Crippen MR) is 74.3 cm³/mol. The van der Waals surface area contributed by atoms with E-state index >= 15 is 0 Å². The van der Waals surface area contributed by atoms with E-state index in [4.69, 9.17) is 21.1 Å². The van der Waals surface area contributed by atoms with E-state index in [9.17, 15) is 0 Å². The molecule has 3 nitrogen and oxygen atoms in total. The molecule has 0 saturated carbocycles. The number of anilines is 2. The second-order valence-corrected chi connectivity index (χ2v) is 4.05. The number of nitrogens with one attached hydrogen (secondary N) is 1. The fraction of sp³-hybridized carbons (Fsp3) is 0.143. The first-order chi connectivity index (χ1) is 8.76. The zero-order chi connectivity index (χ0) is 13.0. The van der Waals surface area contributed by atoms with Gasteiger partial charge >= 0.3 is 0 Å². The van der Waals surface area contributed by atoms with Gasteiger partial charge in [-0.15, -0.1) is 0 Å². The number of halogens is 1. The Kier molecular flexibility index (Phi) is 3.95. The van der Waals surface area contributed by atoms with Crippen LogP contribution in [0.3, 0.4) is 0 Å². The van der Waals surface area contributed by atoms with Crippen molar-refractivity contribution >= 4 is 23.0 Å². The Bertz CT molecular complexity index is 543. The molecule has 0 radical (unpaired) electrons. The lowest BCUT2D eigenvalue weighted by atomic mass is 10.2. The summed E-state index contributed by atoms with van der Waals surface area (Å²) in [6.07, 6.45) is 0. The second-order valence-electron chi connectivity index (χ2n) is 3.65. The van der Waals surface area contributed by atoms with Crippen LogP contribution in [0.5, 0.6) is 11.5 Å². The van der Waals surface area contributed by atoms with E-state index in [0.29, 0.717) is 10.8 Å². The van der Waals surface area contributed by atoms with Gasteiger partial charge in [-0.3, -0.25) is 0 Å². The smallest absolute Gasteiger partial charge is 0.160 e. The van der Waals surface area contributed by atoms with Crippen LogP contribution in [0.15, 0.2) is 42.5 Å². The fourth-order valence-electron chi connectivity index (χ4n) is 1.71. The second kappa shape index (κ2) is 5.65. The first-order valence-electron chi connectivity index (χ1n) is 5.49. The van der Waals surface area contributed by atoms with E-state index in [2.05, 4.69) is 5.32 Å². The Balaban J connectivity index is 2.37. The Hall–Kier alpha value is -1.87. The third-order valence-corrected chi connectivity index (χ3v) is 2.85. The maximum atomic E-state index is 6.07. The first kappa shape index (κ1) is 12.6. The van der Waals surface area contributed by atoms with Gasteiger partial charge in [0, 0.05) is 0 Å². The molecule has 0 fully saturated rings. The molecule has 0 aliphatic heterocycles. The van der Waals surface area contributed by atoms with Crippen molar-refractivity contribution in [1.82, 2.24) is 0 Å².